The van der Waals surface area contributed by atoms with Crippen molar-refractivity contribution in [1.82, 2.24) is 14.7 Å². The largest absolute Gasteiger partial charge is 0.378 e. The third kappa shape index (κ3) is 11.7. The van der Waals surface area contributed by atoms with E-state index in [1.54, 1.807) is 0 Å². The summed E-state index contributed by atoms with van der Waals surface area (Å²) in [6, 6.07) is 0. The van der Waals surface area contributed by atoms with E-state index in [-0.39, 0.29) is 0 Å². The molecule has 0 amide bonds. The van der Waals surface area contributed by atoms with Gasteiger partial charge >= 0.3 is 0 Å². The van der Waals surface area contributed by atoms with Crippen molar-refractivity contribution in [1.29, 1.82) is 0 Å². The molecule has 0 spiro atoms. The molecular formula is C13H30N4. The highest BCUT2D eigenvalue weighted by atomic mass is 15.1. The summed E-state index contributed by atoms with van der Waals surface area (Å²) >= 11 is 0. The molecule has 0 atom stereocenters. The van der Waals surface area contributed by atoms with Crippen LogP contribution >= 0.6 is 0 Å². The van der Waals surface area contributed by atoms with Gasteiger partial charge in [0.25, 0.3) is 0 Å². The topological polar surface area (TPSA) is 35.7 Å². The molecule has 0 aliphatic carbocycles. The lowest BCUT2D eigenvalue weighted by atomic mass is 10.3. The normalized spacial score (nSPS) is 11.9. The van der Waals surface area contributed by atoms with Crippen molar-refractivity contribution >= 4 is 0 Å². The third-order valence-corrected chi connectivity index (χ3v) is 2.55. The second-order valence-corrected chi connectivity index (χ2v) is 4.97. The molecule has 0 saturated heterocycles. The van der Waals surface area contributed by atoms with Gasteiger partial charge in [0, 0.05) is 19.6 Å². The van der Waals surface area contributed by atoms with Crippen molar-refractivity contribution in [2.45, 2.75) is 12.8 Å². The van der Waals surface area contributed by atoms with Gasteiger partial charge in [-0.1, -0.05) is 6.08 Å². The lowest BCUT2D eigenvalue weighted by Gasteiger charge is -2.22. The van der Waals surface area contributed by atoms with Gasteiger partial charge < -0.3 is 20.4 Å². The predicted molar refractivity (Wildman–Crippen MR) is 76.1 cm³/mol. The average Bonchev–Trinajstić information content (AvgIpc) is 2.24. The van der Waals surface area contributed by atoms with Crippen LogP contribution in [-0.2, 0) is 0 Å². The predicted octanol–water partition coefficient (Wildman–Crippen LogP) is 0.664. The Morgan fingerprint density at radius 3 is 1.65 bits per heavy atom. The van der Waals surface area contributed by atoms with Gasteiger partial charge in [0.05, 0.1) is 0 Å². The number of nitrogens with zero attached hydrogens (tertiary/aromatic N) is 3. The SMILES string of the molecule is CN(C)CCCN(/C=C/CN)CCCN(C)C. The number of rotatable bonds is 10. The van der Waals surface area contributed by atoms with E-state index >= 15 is 0 Å². The monoisotopic (exact) mass is 242 g/mol. The van der Waals surface area contributed by atoms with E-state index in [1.807, 2.05) is 6.08 Å². The molecule has 2 N–H and O–H groups in total. The second-order valence-electron chi connectivity index (χ2n) is 4.97. The Morgan fingerprint density at radius 1 is 0.824 bits per heavy atom. The summed E-state index contributed by atoms with van der Waals surface area (Å²) in [4.78, 5) is 6.83. The molecule has 0 aliphatic rings. The highest BCUT2D eigenvalue weighted by molar-refractivity contribution is 4.83. The summed E-state index contributed by atoms with van der Waals surface area (Å²) in [5.41, 5.74) is 5.50. The number of hydrogen-bond acceptors (Lipinski definition) is 4. The summed E-state index contributed by atoms with van der Waals surface area (Å²) in [6.07, 6.45) is 6.57. The highest BCUT2D eigenvalue weighted by Crippen LogP contribution is 1.97. The standard InChI is InChI=1S/C13H30N4/c1-15(2)9-6-12-17(11-5-8-14)13-7-10-16(3)4/h5,11H,6-10,12-14H2,1-4H3/b11-5+. The molecule has 4 nitrogen and oxygen atoms in total. The van der Waals surface area contributed by atoms with Crippen LogP contribution in [0.2, 0.25) is 0 Å². The molecule has 0 aromatic heterocycles. The van der Waals surface area contributed by atoms with Crippen LogP contribution in [0, 0.1) is 0 Å². The van der Waals surface area contributed by atoms with Crippen LogP contribution in [0.4, 0.5) is 0 Å². The first-order chi connectivity index (χ1) is 8.06. The molecule has 17 heavy (non-hydrogen) atoms. The number of hydrogen-bond donors (Lipinski definition) is 1. The molecule has 102 valence electrons. The second kappa shape index (κ2) is 10.6. The van der Waals surface area contributed by atoms with E-state index in [0.717, 1.165) is 26.2 Å². The van der Waals surface area contributed by atoms with Gasteiger partial charge in [-0.3, -0.25) is 0 Å². The minimum absolute atomic E-state index is 0.623. The minimum Gasteiger partial charge on any atom is -0.378 e. The van der Waals surface area contributed by atoms with Crippen LogP contribution in [-0.4, -0.2) is 75.6 Å². The molecule has 0 radical (unpaired) electrons. The fourth-order valence-electron chi connectivity index (χ4n) is 1.65. The van der Waals surface area contributed by atoms with Crippen molar-refractivity contribution in [3.05, 3.63) is 12.3 Å². The van der Waals surface area contributed by atoms with Crippen LogP contribution in [0.1, 0.15) is 12.8 Å². The van der Waals surface area contributed by atoms with Gasteiger partial charge in [-0.15, -0.1) is 0 Å². The first-order valence-corrected chi connectivity index (χ1v) is 6.46. The first-order valence-electron chi connectivity index (χ1n) is 6.46. The maximum absolute atomic E-state index is 5.50. The van der Waals surface area contributed by atoms with Gasteiger partial charge in [-0.25, -0.2) is 0 Å². The van der Waals surface area contributed by atoms with Crippen molar-refractivity contribution in [3.8, 4) is 0 Å². The van der Waals surface area contributed by atoms with Crippen molar-refractivity contribution in [2.75, 3.05) is 60.9 Å². The van der Waals surface area contributed by atoms with Crippen LogP contribution in [0.25, 0.3) is 0 Å². The molecule has 0 saturated carbocycles. The van der Waals surface area contributed by atoms with E-state index in [0.29, 0.717) is 6.54 Å². The summed E-state index contributed by atoms with van der Waals surface area (Å²) in [5.74, 6) is 0. The zero-order valence-electron chi connectivity index (χ0n) is 12.0. The zero-order chi connectivity index (χ0) is 13.1. The van der Waals surface area contributed by atoms with E-state index in [9.17, 15) is 0 Å². The van der Waals surface area contributed by atoms with E-state index < -0.39 is 0 Å². The molecule has 4 heteroatoms. The van der Waals surface area contributed by atoms with Crippen LogP contribution in [0.3, 0.4) is 0 Å². The Kier molecular flexibility index (Phi) is 10.2. The van der Waals surface area contributed by atoms with Gasteiger partial charge in [0.15, 0.2) is 0 Å². The molecule has 0 aromatic rings. The molecule has 0 rings (SSSR count). The Bertz CT molecular complexity index is 176. The van der Waals surface area contributed by atoms with Crippen LogP contribution < -0.4 is 5.73 Å². The maximum Gasteiger partial charge on any atom is 0.0184 e. The lowest BCUT2D eigenvalue weighted by Crippen LogP contribution is -2.26. The quantitative estimate of drug-likeness (QED) is 0.611. The van der Waals surface area contributed by atoms with E-state index in [4.69, 9.17) is 5.73 Å². The molecular weight excluding hydrogens is 212 g/mol. The van der Waals surface area contributed by atoms with Gasteiger partial charge in [0.2, 0.25) is 0 Å². The van der Waals surface area contributed by atoms with Crippen molar-refractivity contribution in [2.24, 2.45) is 5.73 Å². The summed E-state index contributed by atoms with van der Waals surface area (Å²) < 4.78 is 0. The smallest absolute Gasteiger partial charge is 0.0184 e. The summed E-state index contributed by atoms with van der Waals surface area (Å²) in [7, 11) is 8.47. The Balaban J connectivity index is 3.83. The molecule has 0 aromatic carbocycles. The zero-order valence-corrected chi connectivity index (χ0v) is 12.0. The fourth-order valence-corrected chi connectivity index (χ4v) is 1.65. The summed E-state index contributed by atoms with van der Waals surface area (Å²) in [6.45, 7) is 5.13. The van der Waals surface area contributed by atoms with E-state index in [1.165, 1.54) is 12.8 Å². The molecule has 0 aliphatic heterocycles. The van der Waals surface area contributed by atoms with E-state index in [2.05, 4.69) is 49.1 Å². The minimum atomic E-state index is 0.623. The van der Waals surface area contributed by atoms with Crippen molar-refractivity contribution in [3.63, 3.8) is 0 Å². The summed E-state index contributed by atoms with van der Waals surface area (Å²) in [5, 5.41) is 0. The molecule has 0 heterocycles. The number of nitrogens with two attached hydrogens (primary N) is 1. The van der Waals surface area contributed by atoms with Crippen LogP contribution in [0.15, 0.2) is 12.3 Å². The fraction of sp³-hybridized carbons (Fsp3) is 0.846. The van der Waals surface area contributed by atoms with Gasteiger partial charge in [0.1, 0.15) is 0 Å². The average molecular weight is 242 g/mol. The highest BCUT2D eigenvalue weighted by Gasteiger charge is 2.00. The molecule has 0 fully saturated rings. The Labute approximate surface area is 107 Å². The van der Waals surface area contributed by atoms with Crippen LogP contribution in [0.5, 0.6) is 0 Å². The van der Waals surface area contributed by atoms with Gasteiger partial charge in [-0.2, -0.15) is 0 Å². The first kappa shape index (κ1) is 16.4. The van der Waals surface area contributed by atoms with Gasteiger partial charge in [-0.05, 0) is 60.3 Å². The lowest BCUT2D eigenvalue weighted by molar-refractivity contribution is 0.303. The molecule has 0 bridgehead atoms. The Morgan fingerprint density at radius 2 is 1.29 bits per heavy atom. The maximum atomic E-state index is 5.50. The van der Waals surface area contributed by atoms with Crippen molar-refractivity contribution < 1.29 is 0 Å². The Hall–Kier alpha value is -0.580. The molecule has 0 unspecified atom stereocenters. The third-order valence-electron chi connectivity index (χ3n) is 2.55.